The lowest BCUT2D eigenvalue weighted by Gasteiger charge is -2.23. The summed E-state index contributed by atoms with van der Waals surface area (Å²) in [5.41, 5.74) is 5.68. The van der Waals surface area contributed by atoms with Gasteiger partial charge in [-0.1, -0.05) is 18.2 Å². The van der Waals surface area contributed by atoms with Crippen LogP contribution in [0.2, 0.25) is 0 Å². The summed E-state index contributed by atoms with van der Waals surface area (Å²) in [7, 11) is 0. The van der Waals surface area contributed by atoms with E-state index in [0.717, 1.165) is 34.7 Å². The minimum Gasteiger partial charge on any atom is -0.309 e. The average molecular weight is 363 g/mol. The fourth-order valence-corrected chi connectivity index (χ4v) is 3.95. The smallest absolute Gasteiger partial charge is 0.231 e. The van der Waals surface area contributed by atoms with Gasteiger partial charge in [-0.25, -0.2) is 9.07 Å². The topological polar surface area (TPSA) is 38.1 Å². The Kier molecular flexibility index (Phi) is 4.30. The van der Waals surface area contributed by atoms with Crippen molar-refractivity contribution in [2.75, 3.05) is 4.90 Å². The third-order valence-electron chi connectivity index (χ3n) is 5.32. The van der Waals surface area contributed by atoms with Crippen molar-refractivity contribution in [3.63, 3.8) is 0 Å². The van der Waals surface area contributed by atoms with Crippen LogP contribution < -0.4 is 4.90 Å². The van der Waals surface area contributed by atoms with E-state index in [-0.39, 0.29) is 17.8 Å². The second-order valence-electron chi connectivity index (χ2n) is 7.16. The van der Waals surface area contributed by atoms with Crippen molar-refractivity contribution in [2.45, 2.75) is 39.7 Å². The number of aromatic nitrogens is 2. The third-order valence-corrected chi connectivity index (χ3v) is 5.32. The van der Waals surface area contributed by atoms with Crippen molar-refractivity contribution in [2.24, 2.45) is 0 Å². The lowest BCUT2D eigenvalue weighted by Crippen LogP contribution is -2.37. The fourth-order valence-electron chi connectivity index (χ4n) is 3.95. The van der Waals surface area contributed by atoms with Crippen molar-refractivity contribution in [3.05, 3.63) is 76.9 Å². The summed E-state index contributed by atoms with van der Waals surface area (Å²) < 4.78 is 15.0. The van der Waals surface area contributed by atoms with E-state index in [1.165, 1.54) is 17.7 Å². The average Bonchev–Trinajstić information content (AvgIpc) is 3.13. The van der Waals surface area contributed by atoms with Crippen LogP contribution in [0.5, 0.6) is 0 Å². The van der Waals surface area contributed by atoms with Crippen LogP contribution in [0.3, 0.4) is 0 Å². The molecule has 0 spiro atoms. The molecule has 0 aliphatic carbocycles. The van der Waals surface area contributed by atoms with Crippen molar-refractivity contribution < 1.29 is 9.18 Å². The number of anilines is 1. The minimum absolute atomic E-state index is 0.0808. The van der Waals surface area contributed by atoms with Crippen LogP contribution in [-0.4, -0.2) is 21.7 Å². The maximum Gasteiger partial charge on any atom is 0.231 e. The van der Waals surface area contributed by atoms with E-state index in [4.69, 9.17) is 0 Å². The Morgan fingerprint density at radius 3 is 2.59 bits per heavy atom. The standard InChI is InChI=1S/C22H22FN3O/c1-14-12-17-6-4-5-7-21(17)25(14)22(27)13-20-15(2)24-26(16(20)3)19-10-8-18(23)9-11-19/h4-11,14H,12-13H2,1-3H3. The predicted molar refractivity (Wildman–Crippen MR) is 104 cm³/mol. The molecule has 1 unspecified atom stereocenters. The number of hydrogen-bond donors (Lipinski definition) is 0. The van der Waals surface area contributed by atoms with Crippen LogP contribution in [-0.2, 0) is 17.6 Å². The molecule has 3 aromatic rings. The van der Waals surface area contributed by atoms with Crippen molar-refractivity contribution in [1.82, 2.24) is 9.78 Å². The summed E-state index contributed by atoms with van der Waals surface area (Å²) in [4.78, 5) is 15.0. The first kappa shape index (κ1) is 17.5. The zero-order chi connectivity index (χ0) is 19.1. The van der Waals surface area contributed by atoms with E-state index in [1.807, 2.05) is 36.9 Å². The number of benzene rings is 2. The van der Waals surface area contributed by atoms with E-state index >= 15 is 0 Å². The molecule has 2 heterocycles. The monoisotopic (exact) mass is 363 g/mol. The highest BCUT2D eigenvalue weighted by Gasteiger charge is 2.31. The van der Waals surface area contributed by atoms with Gasteiger partial charge in [0.05, 0.1) is 17.8 Å². The van der Waals surface area contributed by atoms with Gasteiger partial charge < -0.3 is 4.90 Å². The molecule has 1 atom stereocenters. The Morgan fingerprint density at radius 1 is 1.15 bits per heavy atom. The highest BCUT2D eigenvalue weighted by molar-refractivity contribution is 5.97. The Bertz CT molecular complexity index is 1010. The van der Waals surface area contributed by atoms with Crippen LogP contribution in [0.25, 0.3) is 5.69 Å². The molecule has 2 aromatic carbocycles. The molecule has 1 aliphatic heterocycles. The number of nitrogens with zero attached hydrogens (tertiary/aromatic N) is 3. The van der Waals surface area contributed by atoms with Crippen molar-refractivity contribution >= 4 is 11.6 Å². The zero-order valence-electron chi connectivity index (χ0n) is 15.7. The fraction of sp³-hybridized carbons (Fsp3) is 0.273. The maximum absolute atomic E-state index is 13.2. The van der Waals surface area contributed by atoms with Gasteiger partial charge in [0.2, 0.25) is 5.91 Å². The SMILES string of the molecule is Cc1nn(-c2ccc(F)cc2)c(C)c1CC(=O)N1c2ccccc2CC1C. The number of amides is 1. The first-order chi connectivity index (χ1) is 13.0. The van der Waals surface area contributed by atoms with Gasteiger partial charge in [-0.15, -0.1) is 0 Å². The molecule has 4 rings (SSSR count). The summed E-state index contributed by atoms with van der Waals surface area (Å²) in [5, 5.41) is 4.58. The molecule has 0 radical (unpaired) electrons. The molecule has 1 aromatic heterocycles. The van der Waals surface area contributed by atoms with Crippen LogP contribution in [0.15, 0.2) is 48.5 Å². The minimum atomic E-state index is -0.280. The number of halogens is 1. The second-order valence-corrected chi connectivity index (χ2v) is 7.16. The molecule has 1 aliphatic rings. The number of rotatable bonds is 3. The second kappa shape index (κ2) is 6.65. The summed E-state index contributed by atoms with van der Waals surface area (Å²) >= 11 is 0. The number of para-hydroxylation sites is 1. The Labute approximate surface area is 158 Å². The molecular weight excluding hydrogens is 341 g/mol. The van der Waals surface area contributed by atoms with Crippen molar-refractivity contribution in [3.8, 4) is 5.69 Å². The molecule has 0 saturated carbocycles. The molecule has 1 amide bonds. The highest BCUT2D eigenvalue weighted by Crippen LogP contribution is 2.32. The van der Waals surface area contributed by atoms with Gasteiger partial charge in [0.25, 0.3) is 0 Å². The Morgan fingerprint density at radius 2 is 1.85 bits per heavy atom. The van der Waals surface area contributed by atoms with Crippen molar-refractivity contribution in [1.29, 1.82) is 0 Å². The van der Waals surface area contributed by atoms with Gasteiger partial charge in [-0.05, 0) is 63.1 Å². The number of aryl methyl sites for hydroxylation is 1. The number of fused-ring (bicyclic) bond motifs is 1. The van der Waals surface area contributed by atoms with E-state index < -0.39 is 0 Å². The number of carbonyl (C=O) groups is 1. The maximum atomic E-state index is 13.2. The molecule has 5 heteroatoms. The highest BCUT2D eigenvalue weighted by atomic mass is 19.1. The molecule has 0 N–H and O–H groups in total. The van der Waals surface area contributed by atoms with Gasteiger partial charge >= 0.3 is 0 Å². The van der Waals surface area contributed by atoms with E-state index in [0.29, 0.717) is 6.42 Å². The first-order valence-electron chi connectivity index (χ1n) is 9.16. The predicted octanol–water partition coefficient (Wildman–Crippen LogP) is 4.15. The van der Waals surface area contributed by atoms with E-state index in [1.54, 1.807) is 16.8 Å². The zero-order valence-corrected chi connectivity index (χ0v) is 15.7. The Balaban J connectivity index is 1.64. The summed E-state index contributed by atoms with van der Waals surface area (Å²) in [6.07, 6.45) is 1.19. The summed E-state index contributed by atoms with van der Waals surface area (Å²) in [6, 6.07) is 14.5. The molecule has 0 saturated heterocycles. The summed E-state index contributed by atoms with van der Waals surface area (Å²) in [5.74, 6) is -0.199. The van der Waals surface area contributed by atoms with Gasteiger partial charge in [-0.3, -0.25) is 4.79 Å². The molecule has 4 nitrogen and oxygen atoms in total. The van der Waals surface area contributed by atoms with E-state index in [9.17, 15) is 9.18 Å². The normalized spacial score (nSPS) is 15.9. The van der Waals surface area contributed by atoms with Crippen LogP contribution in [0.4, 0.5) is 10.1 Å². The lowest BCUT2D eigenvalue weighted by atomic mass is 10.1. The number of carbonyl (C=O) groups excluding carboxylic acids is 1. The van der Waals surface area contributed by atoms with Crippen LogP contribution >= 0.6 is 0 Å². The first-order valence-corrected chi connectivity index (χ1v) is 9.16. The largest absolute Gasteiger partial charge is 0.309 e. The lowest BCUT2D eigenvalue weighted by molar-refractivity contribution is -0.118. The van der Waals surface area contributed by atoms with Gasteiger partial charge in [0.15, 0.2) is 0 Å². The van der Waals surface area contributed by atoms with Gasteiger partial charge in [0, 0.05) is 23.0 Å². The molecule has 27 heavy (non-hydrogen) atoms. The van der Waals surface area contributed by atoms with Crippen LogP contribution in [0.1, 0.15) is 29.4 Å². The Hall–Kier alpha value is -2.95. The van der Waals surface area contributed by atoms with E-state index in [2.05, 4.69) is 18.1 Å². The van der Waals surface area contributed by atoms with Gasteiger partial charge in [-0.2, -0.15) is 5.10 Å². The van der Waals surface area contributed by atoms with Crippen LogP contribution in [0, 0.1) is 19.7 Å². The van der Waals surface area contributed by atoms with Gasteiger partial charge in [0.1, 0.15) is 5.82 Å². The molecule has 0 fully saturated rings. The quantitative estimate of drug-likeness (QED) is 0.701. The molecule has 0 bridgehead atoms. The summed E-state index contributed by atoms with van der Waals surface area (Å²) in [6.45, 7) is 5.95. The number of hydrogen-bond acceptors (Lipinski definition) is 2. The molecule has 138 valence electrons. The molecular formula is C22H22FN3O. The third kappa shape index (κ3) is 3.03.